The molecule has 0 saturated carbocycles. The summed E-state index contributed by atoms with van der Waals surface area (Å²) in [5.41, 5.74) is 0.581. The average molecular weight is 188 g/mol. The van der Waals surface area contributed by atoms with Gasteiger partial charge < -0.3 is 0 Å². The zero-order valence-electron chi connectivity index (χ0n) is 4.64. The summed E-state index contributed by atoms with van der Waals surface area (Å²) in [7, 11) is 0. The van der Waals surface area contributed by atoms with Gasteiger partial charge in [-0.1, -0.05) is 30.3 Å². The van der Waals surface area contributed by atoms with Crippen LogP contribution in [0.2, 0.25) is 0 Å². The second kappa shape index (κ2) is 2.97. The van der Waals surface area contributed by atoms with E-state index in [-0.39, 0.29) is 5.08 Å². The molecule has 0 nitrogen and oxygen atoms in total. The van der Waals surface area contributed by atoms with Gasteiger partial charge in [0.25, 0.3) is 0 Å². The standard InChI is InChI=1S/C7H5BrF/c8-7(9)6-4-2-1-3-5-6/h1-5H. The zero-order valence-corrected chi connectivity index (χ0v) is 6.23. The largest absolute Gasteiger partial charge is 0.237 e. The van der Waals surface area contributed by atoms with E-state index in [1.165, 1.54) is 0 Å². The predicted octanol–water partition coefficient (Wildman–Crippen LogP) is 2.89. The van der Waals surface area contributed by atoms with Crippen molar-refractivity contribution in [3.63, 3.8) is 0 Å². The number of benzene rings is 1. The Morgan fingerprint density at radius 3 is 2.11 bits per heavy atom. The molecule has 47 valence electrons. The summed E-state index contributed by atoms with van der Waals surface area (Å²) in [6.45, 7) is 0. The molecule has 2 heteroatoms. The number of rotatable bonds is 1. The van der Waals surface area contributed by atoms with Crippen molar-refractivity contribution in [1.82, 2.24) is 0 Å². The first-order chi connectivity index (χ1) is 4.30. The monoisotopic (exact) mass is 187 g/mol. The summed E-state index contributed by atoms with van der Waals surface area (Å²) >= 11 is 2.73. The molecular weight excluding hydrogens is 183 g/mol. The minimum atomic E-state index is -0.317. The highest BCUT2D eigenvalue weighted by molar-refractivity contribution is 9.11. The molecule has 9 heavy (non-hydrogen) atoms. The molecule has 0 aliphatic carbocycles. The van der Waals surface area contributed by atoms with Gasteiger partial charge in [0.05, 0.1) is 0 Å². The molecule has 1 aromatic rings. The van der Waals surface area contributed by atoms with Gasteiger partial charge in [0.2, 0.25) is 5.08 Å². The quantitative estimate of drug-likeness (QED) is 0.635. The van der Waals surface area contributed by atoms with Gasteiger partial charge in [-0.05, 0) is 15.9 Å². The van der Waals surface area contributed by atoms with E-state index >= 15 is 0 Å². The molecule has 0 bridgehead atoms. The van der Waals surface area contributed by atoms with Gasteiger partial charge >= 0.3 is 0 Å². The second-order valence-electron chi connectivity index (χ2n) is 1.63. The van der Waals surface area contributed by atoms with Crippen LogP contribution in [0.5, 0.6) is 0 Å². The lowest BCUT2D eigenvalue weighted by atomic mass is 10.2. The highest BCUT2D eigenvalue weighted by atomic mass is 79.9. The summed E-state index contributed by atoms with van der Waals surface area (Å²) in [6.07, 6.45) is 0. The third-order valence-corrected chi connectivity index (χ3v) is 1.45. The minimum absolute atomic E-state index is 0.317. The van der Waals surface area contributed by atoms with E-state index in [0.29, 0.717) is 5.56 Å². The highest BCUT2D eigenvalue weighted by Crippen LogP contribution is 2.21. The lowest BCUT2D eigenvalue weighted by Crippen LogP contribution is -1.78. The fourth-order valence-corrected chi connectivity index (χ4v) is 0.828. The third kappa shape index (κ3) is 1.79. The van der Waals surface area contributed by atoms with Gasteiger partial charge in [-0.25, -0.2) is 4.39 Å². The Morgan fingerprint density at radius 2 is 1.78 bits per heavy atom. The highest BCUT2D eigenvalue weighted by Gasteiger charge is 2.02. The summed E-state index contributed by atoms with van der Waals surface area (Å²) in [5.74, 6) is 0. The molecule has 0 spiro atoms. The number of hydrogen-bond acceptors (Lipinski definition) is 0. The van der Waals surface area contributed by atoms with Crippen molar-refractivity contribution < 1.29 is 4.39 Å². The van der Waals surface area contributed by atoms with Crippen LogP contribution in [-0.4, -0.2) is 0 Å². The van der Waals surface area contributed by atoms with Crippen LogP contribution in [0.1, 0.15) is 5.56 Å². The van der Waals surface area contributed by atoms with Crippen LogP contribution in [-0.2, 0) is 0 Å². The smallest absolute Gasteiger partial charge is 0.221 e. The molecule has 0 saturated heterocycles. The second-order valence-corrected chi connectivity index (χ2v) is 2.32. The number of halogens is 2. The van der Waals surface area contributed by atoms with Crippen molar-refractivity contribution in [3.8, 4) is 0 Å². The molecule has 1 radical (unpaired) electrons. The molecule has 0 unspecified atom stereocenters. The van der Waals surface area contributed by atoms with E-state index in [1.54, 1.807) is 24.3 Å². The fraction of sp³-hybridized carbons (Fsp3) is 0. The van der Waals surface area contributed by atoms with Crippen molar-refractivity contribution >= 4 is 15.9 Å². The Hall–Kier alpha value is -0.370. The van der Waals surface area contributed by atoms with Gasteiger partial charge in [-0.3, -0.25) is 0 Å². The van der Waals surface area contributed by atoms with Gasteiger partial charge in [0.1, 0.15) is 0 Å². The molecule has 0 atom stereocenters. The van der Waals surface area contributed by atoms with E-state index in [0.717, 1.165) is 0 Å². The molecule has 0 aliphatic rings. The first kappa shape index (κ1) is 6.75. The molecular formula is C7H5BrF. The van der Waals surface area contributed by atoms with Crippen molar-refractivity contribution in [2.45, 2.75) is 0 Å². The Bertz CT molecular complexity index is 172. The maximum atomic E-state index is 12.3. The molecule has 0 heterocycles. The Morgan fingerprint density at radius 1 is 1.22 bits per heavy atom. The van der Waals surface area contributed by atoms with Gasteiger partial charge in [0, 0.05) is 5.56 Å². The first-order valence-corrected chi connectivity index (χ1v) is 3.33. The van der Waals surface area contributed by atoms with Crippen LogP contribution in [0, 0.1) is 5.08 Å². The summed E-state index contributed by atoms with van der Waals surface area (Å²) < 4.78 is 12.3. The summed E-state index contributed by atoms with van der Waals surface area (Å²) in [6, 6.07) is 8.82. The molecule has 0 N–H and O–H groups in total. The normalized spacial score (nSPS) is 10.1. The van der Waals surface area contributed by atoms with Crippen LogP contribution in [0.15, 0.2) is 30.3 Å². The van der Waals surface area contributed by atoms with Crippen molar-refractivity contribution in [2.75, 3.05) is 0 Å². The van der Waals surface area contributed by atoms with Crippen LogP contribution in [0.3, 0.4) is 0 Å². The number of hydrogen-bond donors (Lipinski definition) is 0. The lowest BCUT2D eigenvalue weighted by molar-refractivity contribution is 0.625. The average Bonchev–Trinajstić information content (AvgIpc) is 1.90. The zero-order chi connectivity index (χ0) is 6.69. The van der Waals surface area contributed by atoms with Gasteiger partial charge in [-0.15, -0.1) is 0 Å². The first-order valence-electron chi connectivity index (χ1n) is 2.54. The Kier molecular flexibility index (Phi) is 2.22. The molecule has 1 aromatic carbocycles. The lowest BCUT2D eigenvalue weighted by Gasteiger charge is -1.94. The molecule has 0 aromatic heterocycles. The van der Waals surface area contributed by atoms with E-state index in [9.17, 15) is 4.39 Å². The van der Waals surface area contributed by atoms with Crippen LogP contribution < -0.4 is 0 Å². The fourth-order valence-electron chi connectivity index (χ4n) is 0.564. The summed E-state index contributed by atoms with van der Waals surface area (Å²) in [4.78, 5) is 0. The van der Waals surface area contributed by atoms with Gasteiger partial charge in [-0.2, -0.15) is 0 Å². The van der Waals surface area contributed by atoms with Crippen molar-refractivity contribution in [3.05, 3.63) is 41.0 Å². The van der Waals surface area contributed by atoms with E-state index in [2.05, 4.69) is 15.9 Å². The molecule has 0 aliphatic heterocycles. The molecule has 0 amide bonds. The van der Waals surface area contributed by atoms with Gasteiger partial charge in [0.15, 0.2) is 0 Å². The minimum Gasteiger partial charge on any atom is -0.221 e. The van der Waals surface area contributed by atoms with Crippen LogP contribution in [0.4, 0.5) is 4.39 Å². The van der Waals surface area contributed by atoms with Crippen LogP contribution in [0.25, 0.3) is 0 Å². The van der Waals surface area contributed by atoms with E-state index in [1.807, 2.05) is 6.07 Å². The predicted molar refractivity (Wildman–Crippen MR) is 38.8 cm³/mol. The topological polar surface area (TPSA) is 0 Å². The van der Waals surface area contributed by atoms with Crippen LogP contribution >= 0.6 is 15.9 Å². The van der Waals surface area contributed by atoms with E-state index < -0.39 is 0 Å². The third-order valence-electron chi connectivity index (χ3n) is 0.992. The van der Waals surface area contributed by atoms with Crippen molar-refractivity contribution in [1.29, 1.82) is 0 Å². The van der Waals surface area contributed by atoms with E-state index in [4.69, 9.17) is 0 Å². The summed E-state index contributed by atoms with van der Waals surface area (Å²) in [5, 5.41) is -0.317. The maximum absolute atomic E-state index is 12.3. The Labute approximate surface area is 61.8 Å². The maximum Gasteiger partial charge on any atom is 0.237 e. The van der Waals surface area contributed by atoms with Crippen molar-refractivity contribution in [2.24, 2.45) is 0 Å². The SMILES string of the molecule is F[C](Br)c1ccccc1. The Balaban J connectivity index is 2.85. The molecule has 0 fully saturated rings. The molecule has 1 rings (SSSR count).